The molecule has 0 atom stereocenters. The molecule has 0 saturated carbocycles. The van der Waals surface area contributed by atoms with Gasteiger partial charge in [0.05, 0.1) is 0 Å². The lowest BCUT2D eigenvalue weighted by Gasteiger charge is -2.32. The van der Waals surface area contributed by atoms with E-state index in [-0.39, 0.29) is 23.4 Å². The van der Waals surface area contributed by atoms with Gasteiger partial charge in [-0.15, -0.1) is 0 Å². The summed E-state index contributed by atoms with van der Waals surface area (Å²) in [6, 6.07) is 6.38. The molecule has 7 heteroatoms. The number of carbonyl (C=O) groups is 2. The standard InChI is InChI=1S/C18H17F2N3O2/c19-15-2-1-13(11-16(15)20)18(25)23-9-5-14(6-10-23)22-17(24)12-3-7-21-8-4-12/h1-4,7-8,11,14H,5-6,9-10H2,(H,22,24). The van der Waals surface area contributed by atoms with Crippen molar-refractivity contribution in [2.24, 2.45) is 0 Å². The van der Waals surface area contributed by atoms with Crippen molar-refractivity contribution in [2.75, 3.05) is 13.1 Å². The number of hydrogen-bond acceptors (Lipinski definition) is 3. The quantitative estimate of drug-likeness (QED) is 0.929. The molecule has 2 heterocycles. The Hall–Kier alpha value is -2.83. The molecule has 1 aromatic carbocycles. The van der Waals surface area contributed by atoms with E-state index >= 15 is 0 Å². The first kappa shape index (κ1) is 17.0. The fourth-order valence-corrected chi connectivity index (χ4v) is 2.81. The third-order valence-electron chi connectivity index (χ3n) is 4.23. The second-order valence-corrected chi connectivity index (χ2v) is 5.90. The molecule has 1 aliphatic heterocycles. The Kier molecular flexibility index (Phi) is 5.02. The number of rotatable bonds is 3. The minimum atomic E-state index is -1.04. The second kappa shape index (κ2) is 7.38. The third kappa shape index (κ3) is 3.99. The molecule has 0 bridgehead atoms. The van der Waals surface area contributed by atoms with Crippen LogP contribution in [0.5, 0.6) is 0 Å². The van der Waals surface area contributed by atoms with Crippen molar-refractivity contribution in [3.05, 3.63) is 65.5 Å². The van der Waals surface area contributed by atoms with E-state index in [1.807, 2.05) is 0 Å². The van der Waals surface area contributed by atoms with E-state index in [1.54, 1.807) is 29.4 Å². The number of carbonyl (C=O) groups excluding carboxylic acids is 2. The van der Waals surface area contributed by atoms with Crippen LogP contribution in [-0.4, -0.2) is 40.8 Å². The lowest BCUT2D eigenvalue weighted by Crippen LogP contribution is -2.46. The highest BCUT2D eigenvalue weighted by Gasteiger charge is 2.25. The van der Waals surface area contributed by atoms with Crippen LogP contribution in [-0.2, 0) is 0 Å². The average molecular weight is 345 g/mol. The summed E-state index contributed by atoms with van der Waals surface area (Å²) >= 11 is 0. The Morgan fingerprint density at radius 1 is 1.00 bits per heavy atom. The van der Waals surface area contributed by atoms with Gasteiger partial charge in [0.1, 0.15) is 0 Å². The van der Waals surface area contributed by atoms with Crippen LogP contribution in [0.1, 0.15) is 33.6 Å². The minimum absolute atomic E-state index is 0.0327. The van der Waals surface area contributed by atoms with Crippen molar-refractivity contribution in [3.8, 4) is 0 Å². The molecule has 0 unspecified atom stereocenters. The smallest absolute Gasteiger partial charge is 0.253 e. The van der Waals surface area contributed by atoms with E-state index in [4.69, 9.17) is 0 Å². The Morgan fingerprint density at radius 3 is 2.32 bits per heavy atom. The van der Waals surface area contributed by atoms with Gasteiger partial charge in [-0.25, -0.2) is 8.78 Å². The van der Waals surface area contributed by atoms with Gasteiger partial charge in [-0.1, -0.05) is 0 Å². The Bertz CT molecular complexity index is 775. The summed E-state index contributed by atoms with van der Waals surface area (Å²) < 4.78 is 26.2. The van der Waals surface area contributed by atoms with Crippen LogP contribution in [0.15, 0.2) is 42.7 Å². The molecule has 1 aliphatic rings. The van der Waals surface area contributed by atoms with E-state index < -0.39 is 11.6 Å². The van der Waals surface area contributed by atoms with Gasteiger partial charge in [0.25, 0.3) is 11.8 Å². The predicted octanol–water partition coefficient (Wildman–Crippen LogP) is 2.39. The molecule has 5 nitrogen and oxygen atoms in total. The van der Waals surface area contributed by atoms with Crippen LogP contribution in [0.3, 0.4) is 0 Å². The van der Waals surface area contributed by atoms with Crippen LogP contribution >= 0.6 is 0 Å². The molecule has 2 aromatic rings. The Labute approximate surface area is 143 Å². The number of hydrogen-bond donors (Lipinski definition) is 1. The summed E-state index contributed by atoms with van der Waals surface area (Å²) in [5.74, 6) is -2.52. The number of benzene rings is 1. The molecule has 3 rings (SSSR count). The Morgan fingerprint density at radius 2 is 1.68 bits per heavy atom. The van der Waals surface area contributed by atoms with Crippen molar-refractivity contribution in [2.45, 2.75) is 18.9 Å². The van der Waals surface area contributed by atoms with Gasteiger partial charge in [0.2, 0.25) is 0 Å². The van der Waals surface area contributed by atoms with Gasteiger partial charge in [-0.05, 0) is 43.2 Å². The highest BCUT2D eigenvalue weighted by atomic mass is 19.2. The van der Waals surface area contributed by atoms with Crippen molar-refractivity contribution >= 4 is 11.8 Å². The van der Waals surface area contributed by atoms with E-state index in [0.717, 1.165) is 12.1 Å². The highest BCUT2D eigenvalue weighted by molar-refractivity contribution is 5.95. The zero-order valence-corrected chi connectivity index (χ0v) is 13.4. The number of aromatic nitrogens is 1. The summed E-state index contributed by atoms with van der Waals surface area (Å²) in [6.45, 7) is 0.887. The second-order valence-electron chi connectivity index (χ2n) is 5.90. The van der Waals surface area contributed by atoms with Gasteiger partial charge in [0.15, 0.2) is 11.6 Å². The van der Waals surface area contributed by atoms with Crippen LogP contribution in [0.4, 0.5) is 8.78 Å². The van der Waals surface area contributed by atoms with Crippen LogP contribution in [0.25, 0.3) is 0 Å². The molecule has 1 fully saturated rings. The summed E-state index contributed by atoms with van der Waals surface area (Å²) in [6.07, 6.45) is 4.31. The normalized spacial score (nSPS) is 15.0. The molecule has 1 saturated heterocycles. The number of likely N-dealkylation sites (tertiary alicyclic amines) is 1. The minimum Gasteiger partial charge on any atom is -0.349 e. The summed E-state index contributed by atoms with van der Waals surface area (Å²) in [4.78, 5) is 29.9. The molecular weight excluding hydrogens is 328 g/mol. The first-order valence-electron chi connectivity index (χ1n) is 8.00. The number of amides is 2. The highest BCUT2D eigenvalue weighted by Crippen LogP contribution is 2.16. The first-order chi connectivity index (χ1) is 12.0. The van der Waals surface area contributed by atoms with Gasteiger partial charge in [0, 0.05) is 42.7 Å². The monoisotopic (exact) mass is 345 g/mol. The number of pyridine rings is 1. The molecule has 0 radical (unpaired) electrons. The largest absolute Gasteiger partial charge is 0.349 e. The van der Waals surface area contributed by atoms with Crippen LogP contribution in [0, 0.1) is 11.6 Å². The maximum atomic E-state index is 13.3. The SMILES string of the molecule is O=C(NC1CCN(C(=O)c2ccc(F)c(F)c2)CC1)c1ccncc1. The number of nitrogens with zero attached hydrogens (tertiary/aromatic N) is 2. The van der Waals surface area contributed by atoms with E-state index in [2.05, 4.69) is 10.3 Å². The lowest BCUT2D eigenvalue weighted by molar-refractivity contribution is 0.0697. The molecule has 1 N–H and O–H groups in total. The molecule has 0 spiro atoms. The summed E-state index contributed by atoms with van der Waals surface area (Å²) in [5.41, 5.74) is 0.661. The average Bonchev–Trinajstić information content (AvgIpc) is 2.65. The number of piperidine rings is 1. The van der Waals surface area contributed by atoms with E-state index in [1.165, 1.54) is 6.07 Å². The fourth-order valence-electron chi connectivity index (χ4n) is 2.81. The van der Waals surface area contributed by atoms with E-state index in [0.29, 0.717) is 31.5 Å². The zero-order chi connectivity index (χ0) is 17.8. The van der Waals surface area contributed by atoms with Gasteiger partial charge < -0.3 is 10.2 Å². The zero-order valence-electron chi connectivity index (χ0n) is 13.4. The molecule has 130 valence electrons. The molecule has 1 aromatic heterocycles. The summed E-state index contributed by atoms with van der Waals surface area (Å²) in [7, 11) is 0. The molecule has 0 aliphatic carbocycles. The van der Waals surface area contributed by atoms with Crippen molar-refractivity contribution in [3.63, 3.8) is 0 Å². The van der Waals surface area contributed by atoms with Crippen molar-refractivity contribution in [1.29, 1.82) is 0 Å². The molecule has 2 amide bonds. The lowest BCUT2D eigenvalue weighted by atomic mass is 10.0. The number of nitrogens with one attached hydrogen (secondary N) is 1. The van der Waals surface area contributed by atoms with Crippen molar-refractivity contribution in [1.82, 2.24) is 15.2 Å². The molecule has 25 heavy (non-hydrogen) atoms. The maximum absolute atomic E-state index is 13.3. The first-order valence-corrected chi connectivity index (χ1v) is 8.00. The van der Waals surface area contributed by atoms with Crippen molar-refractivity contribution < 1.29 is 18.4 Å². The van der Waals surface area contributed by atoms with Gasteiger partial charge in [-0.3, -0.25) is 14.6 Å². The van der Waals surface area contributed by atoms with Gasteiger partial charge in [-0.2, -0.15) is 0 Å². The maximum Gasteiger partial charge on any atom is 0.253 e. The van der Waals surface area contributed by atoms with Gasteiger partial charge >= 0.3 is 0 Å². The van der Waals surface area contributed by atoms with E-state index in [9.17, 15) is 18.4 Å². The topological polar surface area (TPSA) is 62.3 Å². The van der Waals surface area contributed by atoms with Crippen LogP contribution < -0.4 is 5.32 Å². The summed E-state index contributed by atoms with van der Waals surface area (Å²) in [5, 5.41) is 2.94. The number of halogens is 2. The van der Waals surface area contributed by atoms with Crippen LogP contribution in [0.2, 0.25) is 0 Å². The predicted molar refractivity (Wildman–Crippen MR) is 87.0 cm³/mol. The third-order valence-corrected chi connectivity index (χ3v) is 4.23. The fraction of sp³-hybridized carbons (Fsp3) is 0.278. The Balaban J connectivity index is 1.55. The molecular formula is C18H17F2N3O2.